The van der Waals surface area contributed by atoms with E-state index >= 15 is 0 Å². The molecular weight excluding hydrogens is 332 g/mol. The number of nitrogens with zero attached hydrogens (tertiary/aromatic N) is 1. The average molecular weight is 365 g/mol. The van der Waals surface area contributed by atoms with Crippen LogP contribution < -0.4 is 5.73 Å². The molecule has 0 spiro atoms. The number of hydrogen-bond donors (Lipinski definition) is 1. The molecule has 2 N–H and O–H groups in total. The number of carbonyl (C=O) groups is 1. The van der Waals surface area contributed by atoms with Gasteiger partial charge >= 0.3 is 5.97 Å². The lowest BCUT2D eigenvalue weighted by atomic mass is 9.96. The summed E-state index contributed by atoms with van der Waals surface area (Å²) in [5.74, 6) is 1.42. The van der Waals surface area contributed by atoms with E-state index in [-0.39, 0.29) is 17.9 Å². The van der Waals surface area contributed by atoms with Gasteiger partial charge in [-0.15, -0.1) is 11.8 Å². The molecule has 1 saturated heterocycles. The van der Waals surface area contributed by atoms with Crippen molar-refractivity contribution in [1.29, 1.82) is 0 Å². The number of rotatable bonds is 9. The summed E-state index contributed by atoms with van der Waals surface area (Å²) in [6.45, 7) is 7.63. The summed E-state index contributed by atoms with van der Waals surface area (Å²) in [7, 11) is 0. The van der Waals surface area contributed by atoms with Crippen LogP contribution in [0.1, 0.15) is 33.1 Å². The van der Waals surface area contributed by atoms with Gasteiger partial charge in [0.2, 0.25) is 0 Å². The van der Waals surface area contributed by atoms with Crippen molar-refractivity contribution >= 4 is 17.7 Å². The Morgan fingerprint density at radius 1 is 1.28 bits per heavy atom. The number of benzene rings is 1. The van der Waals surface area contributed by atoms with Crippen molar-refractivity contribution in [3.63, 3.8) is 0 Å². The zero-order valence-electron chi connectivity index (χ0n) is 15.5. The number of carbonyl (C=O) groups excluding carboxylic acids is 1. The van der Waals surface area contributed by atoms with E-state index in [1.807, 2.05) is 17.8 Å². The number of piperidine rings is 1. The standard InChI is InChI=1S/C20H32N2O2S/c1-16(2)14-24-20(23)17-8-11-22(12-9-17)13-10-18(21)15-25-19-6-4-3-5-7-19/h3-7,16-18H,8-15,21H2,1-2H3. The number of thioether (sulfide) groups is 1. The lowest BCUT2D eigenvalue weighted by Gasteiger charge is -2.31. The highest BCUT2D eigenvalue weighted by molar-refractivity contribution is 7.99. The average Bonchev–Trinajstić information content (AvgIpc) is 2.64. The quantitative estimate of drug-likeness (QED) is 0.537. The molecule has 1 aromatic rings. The summed E-state index contributed by atoms with van der Waals surface area (Å²) in [6.07, 6.45) is 2.82. The van der Waals surface area contributed by atoms with E-state index in [1.54, 1.807) is 0 Å². The second-order valence-corrected chi connectivity index (χ2v) is 8.41. The maximum absolute atomic E-state index is 12.0. The molecule has 4 nitrogen and oxygen atoms in total. The van der Waals surface area contributed by atoms with Crippen LogP contribution in [0.25, 0.3) is 0 Å². The SMILES string of the molecule is CC(C)COC(=O)C1CCN(CCC(N)CSc2ccccc2)CC1. The Kier molecular flexibility index (Phi) is 8.79. The topological polar surface area (TPSA) is 55.6 Å². The minimum absolute atomic E-state index is 0.00990. The Morgan fingerprint density at radius 2 is 1.96 bits per heavy atom. The first-order chi connectivity index (χ1) is 12.0. The summed E-state index contributed by atoms with van der Waals surface area (Å²) in [5.41, 5.74) is 6.26. The van der Waals surface area contributed by atoms with Crippen LogP contribution in [0.15, 0.2) is 35.2 Å². The van der Waals surface area contributed by atoms with E-state index in [0.717, 1.165) is 44.6 Å². The maximum atomic E-state index is 12.0. The summed E-state index contributed by atoms with van der Waals surface area (Å²) >= 11 is 1.82. The third kappa shape index (κ3) is 7.80. The predicted octanol–water partition coefficient (Wildman–Crippen LogP) is 3.41. The summed E-state index contributed by atoms with van der Waals surface area (Å²) < 4.78 is 5.37. The summed E-state index contributed by atoms with van der Waals surface area (Å²) in [5, 5.41) is 0. The maximum Gasteiger partial charge on any atom is 0.309 e. The van der Waals surface area contributed by atoms with Gasteiger partial charge in [-0.1, -0.05) is 32.0 Å². The van der Waals surface area contributed by atoms with Crippen LogP contribution in [-0.2, 0) is 9.53 Å². The van der Waals surface area contributed by atoms with Crippen LogP contribution in [0.3, 0.4) is 0 Å². The third-order valence-corrected chi connectivity index (χ3v) is 5.70. The molecule has 0 aliphatic carbocycles. The van der Waals surface area contributed by atoms with Gasteiger partial charge in [0, 0.05) is 16.7 Å². The minimum Gasteiger partial charge on any atom is -0.465 e. The van der Waals surface area contributed by atoms with Gasteiger partial charge in [-0.05, 0) is 56.9 Å². The Morgan fingerprint density at radius 3 is 2.60 bits per heavy atom. The lowest BCUT2D eigenvalue weighted by Crippen LogP contribution is -2.39. The van der Waals surface area contributed by atoms with Crippen LogP contribution in [0.5, 0.6) is 0 Å². The Balaban J connectivity index is 1.59. The molecule has 1 unspecified atom stereocenters. The molecule has 0 saturated carbocycles. The van der Waals surface area contributed by atoms with Crippen molar-refractivity contribution in [3.05, 3.63) is 30.3 Å². The zero-order valence-corrected chi connectivity index (χ0v) is 16.3. The number of likely N-dealkylation sites (tertiary alicyclic amines) is 1. The fraction of sp³-hybridized carbons (Fsp3) is 0.650. The molecular formula is C20H32N2O2S. The fourth-order valence-electron chi connectivity index (χ4n) is 2.91. The molecule has 0 bridgehead atoms. The Hall–Kier alpha value is -1.04. The number of esters is 1. The van der Waals surface area contributed by atoms with Gasteiger partial charge in [-0.3, -0.25) is 4.79 Å². The van der Waals surface area contributed by atoms with E-state index in [2.05, 4.69) is 43.0 Å². The van der Waals surface area contributed by atoms with Gasteiger partial charge in [0.1, 0.15) is 0 Å². The summed E-state index contributed by atoms with van der Waals surface area (Å²) in [4.78, 5) is 15.7. The Bertz CT molecular complexity index is 502. The van der Waals surface area contributed by atoms with Crippen molar-refractivity contribution in [2.75, 3.05) is 32.0 Å². The molecule has 1 aromatic carbocycles. The van der Waals surface area contributed by atoms with Crippen LogP contribution in [-0.4, -0.2) is 48.9 Å². The molecule has 1 heterocycles. The van der Waals surface area contributed by atoms with Crippen molar-refractivity contribution in [2.45, 2.75) is 44.0 Å². The van der Waals surface area contributed by atoms with Gasteiger partial charge in [-0.25, -0.2) is 0 Å². The number of ether oxygens (including phenoxy) is 1. The highest BCUT2D eigenvalue weighted by atomic mass is 32.2. The highest BCUT2D eigenvalue weighted by Gasteiger charge is 2.26. The zero-order chi connectivity index (χ0) is 18.1. The van der Waals surface area contributed by atoms with Gasteiger partial charge in [-0.2, -0.15) is 0 Å². The fourth-order valence-corrected chi connectivity index (χ4v) is 3.83. The molecule has 5 heteroatoms. The monoisotopic (exact) mass is 364 g/mol. The second kappa shape index (κ2) is 10.8. The molecule has 1 fully saturated rings. The van der Waals surface area contributed by atoms with E-state index in [4.69, 9.17) is 10.5 Å². The minimum atomic E-state index is -0.00990. The highest BCUT2D eigenvalue weighted by Crippen LogP contribution is 2.21. The molecule has 1 atom stereocenters. The van der Waals surface area contributed by atoms with Gasteiger partial charge < -0.3 is 15.4 Å². The smallest absolute Gasteiger partial charge is 0.309 e. The largest absolute Gasteiger partial charge is 0.465 e. The number of nitrogens with two attached hydrogens (primary N) is 1. The molecule has 2 rings (SSSR count). The first-order valence-corrected chi connectivity index (χ1v) is 10.4. The molecule has 140 valence electrons. The van der Waals surface area contributed by atoms with E-state index in [9.17, 15) is 4.79 Å². The van der Waals surface area contributed by atoms with Gasteiger partial charge in [0.25, 0.3) is 0 Å². The van der Waals surface area contributed by atoms with Gasteiger partial charge in [0.05, 0.1) is 12.5 Å². The van der Waals surface area contributed by atoms with Crippen LogP contribution in [0.4, 0.5) is 0 Å². The molecule has 0 aromatic heterocycles. The second-order valence-electron chi connectivity index (χ2n) is 7.31. The molecule has 1 aliphatic rings. The van der Waals surface area contributed by atoms with E-state index in [1.165, 1.54) is 4.90 Å². The molecule has 0 radical (unpaired) electrons. The normalized spacial score (nSPS) is 17.6. The lowest BCUT2D eigenvalue weighted by molar-refractivity contribution is -0.151. The van der Waals surface area contributed by atoms with Crippen LogP contribution in [0.2, 0.25) is 0 Å². The van der Waals surface area contributed by atoms with Gasteiger partial charge in [0.15, 0.2) is 0 Å². The molecule has 1 aliphatic heterocycles. The third-order valence-electron chi connectivity index (χ3n) is 4.50. The van der Waals surface area contributed by atoms with E-state index < -0.39 is 0 Å². The Labute approximate surface area is 156 Å². The number of hydrogen-bond acceptors (Lipinski definition) is 5. The first-order valence-electron chi connectivity index (χ1n) is 9.37. The van der Waals surface area contributed by atoms with Crippen molar-refractivity contribution in [2.24, 2.45) is 17.6 Å². The first kappa shape index (κ1) is 20.3. The van der Waals surface area contributed by atoms with Crippen molar-refractivity contribution in [3.8, 4) is 0 Å². The predicted molar refractivity (Wildman–Crippen MR) is 105 cm³/mol. The van der Waals surface area contributed by atoms with Crippen molar-refractivity contribution in [1.82, 2.24) is 4.90 Å². The van der Waals surface area contributed by atoms with Crippen LogP contribution >= 0.6 is 11.8 Å². The van der Waals surface area contributed by atoms with E-state index in [0.29, 0.717) is 12.5 Å². The summed E-state index contributed by atoms with van der Waals surface area (Å²) in [6, 6.07) is 10.6. The molecule has 0 amide bonds. The van der Waals surface area contributed by atoms with Crippen LogP contribution in [0, 0.1) is 11.8 Å². The molecule has 25 heavy (non-hydrogen) atoms. The van der Waals surface area contributed by atoms with Crippen molar-refractivity contribution < 1.29 is 9.53 Å².